The smallest absolute Gasteiger partial charge is 0.228 e. The van der Waals surface area contributed by atoms with Crippen molar-refractivity contribution in [3.63, 3.8) is 0 Å². The lowest BCUT2D eigenvalue weighted by molar-refractivity contribution is -0.137. The number of rotatable bonds is 5. The number of nitrogens with zero attached hydrogens (tertiary/aromatic N) is 1. The van der Waals surface area contributed by atoms with Crippen LogP contribution >= 0.6 is 11.8 Å². The molecule has 0 saturated carbocycles. The molecule has 1 fully saturated rings. The maximum absolute atomic E-state index is 11.8. The number of thioether (sulfide) groups is 1. The van der Waals surface area contributed by atoms with Crippen molar-refractivity contribution in [3.05, 3.63) is 0 Å². The van der Waals surface area contributed by atoms with Crippen LogP contribution in [0.5, 0.6) is 0 Å². The van der Waals surface area contributed by atoms with Crippen LogP contribution in [0.3, 0.4) is 0 Å². The highest BCUT2D eigenvalue weighted by Crippen LogP contribution is 2.12. The molecule has 1 heterocycles. The maximum Gasteiger partial charge on any atom is 0.228 e. The monoisotopic (exact) mass is 216 g/mol. The van der Waals surface area contributed by atoms with Crippen LogP contribution in [-0.2, 0) is 4.79 Å². The lowest BCUT2D eigenvalue weighted by Crippen LogP contribution is -2.52. The van der Waals surface area contributed by atoms with Crippen molar-refractivity contribution in [2.75, 3.05) is 32.1 Å². The molecule has 1 aliphatic heterocycles. The molecule has 0 bridgehead atoms. The molecule has 1 aliphatic rings. The molecular formula is C10H20N2OS. The summed E-state index contributed by atoms with van der Waals surface area (Å²) in [4.78, 5) is 13.7. The standard InChI is InChI=1S/C10H20N2OS/c1-8(4-5-14-3)12(2)10(13)9-6-11-7-9/h8-9,11H,4-7H2,1-3H3. The molecule has 0 spiro atoms. The minimum Gasteiger partial charge on any atom is -0.343 e. The Morgan fingerprint density at radius 3 is 2.71 bits per heavy atom. The van der Waals surface area contributed by atoms with Gasteiger partial charge in [0.25, 0.3) is 0 Å². The van der Waals surface area contributed by atoms with Crippen LogP contribution in [0.1, 0.15) is 13.3 Å². The van der Waals surface area contributed by atoms with E-state index in [1.165, 1.54) is 0 Å². The van der Waals surface area contributed by atoms with Crippen molar-refractivity contribution in [3.8, 4) is 0 Å². The van der Waals surface area contributed by atoms with Gasteiger partial charge >= 0.3 is 0 Å². The van der Waals surface area contributed by atoms with Crippen molar-refractivity contribution in [2.24, 2.45) is 5.92 Å². The van der Waals surface area contributed by atoms with Gasteiger partial charge in [0, 0.05) is 26.2 Å². The first-order valence-electron chi connectivity index (χ1n) is 5.13. The Morgan fingerprint density at radius 1 is 1.64 bits per heavy atom. The number of nitrogens with one attached hydrogen (secondary N) is 1. The molecule has 0 aromatic heterocycles. The topological polar surface area (TPSA) is 32.3 Å². The summed E-state index contributed by atoms with van der Waals surface area (Å²) in [5.74, 6) is 1.66. The summed E-state index contributed by atoms with van der Waals surface area (Å²) >= 11 is 1.84. The van der Waals surface area contributed by atoms with E-state index < -0.39 is 0 Å². The fourth-order valence-electron chi connectivity index (χ4n) is 1.45. The SMILES string of the molecule is CSCCC(C)N(C)C(=O)C1CNC1. The van der Waals surface area contributed by atoms with E-state index in [1.807, 2.05) is 23.7 Å². The van der Waals surface area contributed by atoms with E-state index >= 15 is 0 Å². The first-order valence-corrected chi connectivity index (χ1v) is 6.52. The Bertz CT molecular complexity index is 195. The van der Waals surface area contributed by atoms with Gasteiger partial charge in [-0.15, -0.1) is 0 Å². The number of amides is 1. The van der Waals surface area contributed by atoms with Gasteiger partial charge < -0.3 is 10.2 Å². The van der Waals surface area contributed by atoms with Crippen LogP contribution < -0.4 is 5.32 Å². The average molecular weight is 216 g/mol. The van der Waals surface area contributed by atoms with Crippen molar-refractivity contribution in [1.82, 2.24) is 10.2 Å². The van der Waals surface area contributed by atoms with Gasteiger partial charge in [-0.25, -0.2) is 0 Å². The summed E-state index contributed by atoms with van der Waals surface area (Å²) in [5, 5.41) is 3.13. The summed E-state index contributed by atoms with van der Waals surface area (Å²) in [7, 11) is 1.92. The quantitative estimate of drug-likeness (QED) is 0.738. The molecule has 0 aliphatic carbocycles. The minimum absolute atomic E-state index is 0.233. The van der Waals surface area contributed by atoms with Crippen molar-refractivity contribution >= 4 is 17.7 Å². The maximum atomic E-state index is 11.8. The second-order valence-electron chi connectivity index (χ2n) is 3.93. The highest BCUT2D eigenvalue weighted by molar-refractivity contribution is 7.98. The molecule has 1 N–H and O–H groups in total. The van der Waals surface area contributed by atoms with Crippen LogP contribution in [0, 0.1) is 5.92 Å². The largest absolute Gasteiger partial charge is 0.343 e. The summed E-state index contributed by atoms with van der Waals surface area (Å²) in [5.41, 5.74) is 0. The molecule has 3 nitrogen and oxygen atoms in total. The second kappa shape index (κ2) is 5.61. The minimum atomic E-state index is 0.233. The zero-order valence-electron chi connectivity index (χ0n) is 9.25. The molecule has 82 valence electrons. The van der Waals surface area contributed by atoms with E-state index in [0.29, 0.717) is 11.9 Å². The van der Waals surface area contributed by atoms with Crippen LogP contribution in [0.25, 0.3) is 0 Å². The van der Waals surface area contributed by atoms with Crippen molar-refractivity contribution < 1.29 is 4.79 Å². The van der Waals surface area contributed by atoms with Crippen molar-refractivity contribution in [2.45, 2.75) is 19.4 Å². The lowest BCUT2D eigenvalue weighted by Gasteiger charge is -2.33. The first-order chi connectivity index (χ1) is 6.66. The predicted molar refractivity (Wildman–Crippen MR) is 61.6 cm³/mol. The Morgan fingerprint density at radius 2 is 2.29 bits per heavy atom. The molecule has 1 atom stereocenters. The molecule has 1 unspecified atom stereocenters. The zero-order chi connectivity index (χ0) is 10.6. The molecule has 1 amide bonds. The fraction of sp³-hybridized carbons (Fsp3) is 0.900. The number of carbonyl (C=O) groups excluding carboxylic acids is 1. The Kier molecular flexibility index (Phi) is 4.75. The van der Waals surface area contributed by atoms with Crippen LogP contribution in [-0.4, -0.2) is 49.0 Å². The molecule has 0 aromatic rings. The highest BCUT2D eigenvalue weighted by Gasteiger charge is 2.29. The van der Waals surface area contributed by atoms with E-state index in [2.05, 4.69) is 18.5 Å². The molecular weight excluding hydrogens is 196 g/mol. The molecule has 0 aromatic carbocycles. The third-order valence-electron chi connectivity index (χ3n) is 2.88. The Balaban J connectivity index is 2.30. The number of hydrogen-bond donors (Lipinski definition) is 1. The summed E-state index contributed by atoms with van der Waals surface area (Å²) in [6.45, 7) is 3.84. The van der Waals surface area contributed by atoms with Gasteiger partial charge in [0.15, 0.2) is 0 Å². The summed E-state index contributed by atoms with van der Waals surface area (Å²) < 4.78 is 0. The predicted octanol–water partition coefficient (Wildman–Crippen LogP) is 0.806. The van der Waals surface area contributed by atoms with Crippen molar-refractivity contribution in [1.29, 1.82) is 0 Å². The van der Waals surface area contributed by atoms with Gasteiger partial charge in [-0.3, -0.25) is 4.79 Å². The first kappa shape index (κ1) is 11.9. The van der Waals surface area contributed by atoms with Gasteiger partial charge in [-0.05, 0) is 25.4 Å². The molecule has 1 rings (SSSR count). The molecule has 4 heteroatoms. The normalized spacial score (nSPS) is 18.8. The zero-order valence-corrected chi connectivity index (χ0v) is 10.1. The number of hydrogen-bond acceptors (Lipinski definition) is 3. The summed E-state index contributed by atoms with van der Waals surface area (Å²) in [6, 6.07) is 0.371. The van der Waals surface area contributed by atoms with E-state index in [9.17, 15) is 4.79 Å². The third-order valence-corrected chi connectivity index (χ3v) is 3.52. The second-order valence-corrected chi connectivity index (χ2v) is 4.92. The summed E-state index contributed by atoms with van der Waals surface area (Å²) in [6.07, 6.45) is 3.19. The average Bonchev–Trinajstić information content (AvgIpc) is 2.10. The van der Waals surface area contributed by atoms with Gasteiger partial charge in [0.05, 0.1) is 5.92 Å². The van der Waals surface area contributed by atoms with Crippen LogP contribution in [0.2, 0.25) is 0 Å². The molecule has 0 radical (unpaired) electrons. The molecule has 1 saturated heterocycles. The van der Waals surface area contributed by atoms with Gasteiger partial charge in [0.2, 0.25) is 5.91 Å². The van der Waals surface area contributed by atoms with E-state index in [1.54, 1.807) is 0 Å². The van der Waals surface area contributed by atoms with Gasteiger partial charge in [-0.2, -0.15) is 11.8 Å². The lowest BCUT2D eigenvalue weighted by atomic mass is 10.0. The fourth-order valence-corrected chi connectivity index (χ4v) is 2.03. The highest BCUT2D eigenvalue weighted by atomic mass is 32.2. The Hall–Kier alpha value is -0.220. The van der Waals surface area contributed by atoms with Gasteiger partial charge in [-0.1, -0.05) is 0 Å². The van der Waals surface area contributed by atoms with Gasteiger partial charge in [0.1, 0.15) is 0 Å². The van der Waals surface area contributed by atoms with E-state index in [4.69, 9.17) is 0 Å². The van der Waals surface area contributed by atoms with E-state index in [-0.39, 0.29) is 5.92 Å². The molecule has 14 heavy (non-hydrogen) atoms. The van der Waals surface area contributed by atoms with E-state index in [0.717, 1.165) is 25.3 Å². The van der Waals surface area contributed by atoms with Crippen LogP contribution in [0.4, 0.5) is 0 Å². The third kappa shape index (κ3) is 2.89. The van der Waals surface area contributed by atoms with Crippen LogP contribution in [0.15, 0.2) is 0 Å². The Labute approximate surface area is 90.6 Å². The number of carbonyl (C=O) groups is 1.